The Balaban J connectivity index is 1.25. The minimum Gasteiger partial charge on any atom is -0.454 e. The van der Waals surface area contributed by atoms with Gasteiger partial charge in [-0.3, -0.25) is 4.79 Å². The topological polar surface area (TPSA) is 62.8 Å². The molecule has 1 atom stereocenters. The lowest BCUT2D eigenvalue weighted by Crippen LogP contribution is -2.29. The number of ether oxygens (including phenoxy) is 2. The SMILES string of the molecule is CNC1CCN(c2ccc(NC(=O)c3ccc(-c4ccc5c(c4)OCO5)s3)cc2)C1. The lowest BCUT2D eigenvalue weighted by Gasteiger charge is -2.19. The largest absolute Gasteiger partial charge is 0.454 e. The maximum absolute atomic E-state index is 12.7. The smallest absolute Gasteiger partial charge is 0.265 e. The summed E-state index contributed by atoms with van der Waals surface area (Å²) >= 11 is 1.46. The zero-order chi connectivity index (χ0) is 20.5. The number of thiophene rings is 1. The molecular weight excluding hydrogens is 398 g/mol. The molecule has 3 heterocycles. The van der Waals surface area contributed by atoms with Gasteiger partial charge in [0.15, 0.2) is 11.5 Å². The van der Waals surface area contributed by atoms with Crippen LogP contribution >= 0.6 is 11.3 Å². The highest BCUT2D eigenvalue weighted by Gasteiger charge is 2.21. The Bertz CT molecular complexity index is 1060. The van der Waals surface area contributed by atoms with Gasteiger partial charge in [0.05, 0.1) is 4.88 Å². The van der Waals surface area contributed by atoms with Crippen LogP contribution in [0.15, 0.2) is 54.6 Å². The number of benzene rings is 2. The summed E-state index contributed by atoms with van der Waals surface area (Å²) in [4.78, 5) is 16.8. The molecule has 3 aromatic rings. The number of carbonyl (C=O) groups excluding carboxylic acids is 1. The standard InChI is InChI=1S/C23H23N3O3S/c1-24-17-10-11-26(13-17)18-5-3-16(4-6-18)25-23(27)22-9-8-21(30-22)15-2-7-19-20(12-15)29-14-28-19/h2-9,12,17,24H,10-11,13-14H2,1H3,(H,25,27). The van der Waals surface area contributed by atoms with E-state index in [0.717, 1.165) is 47.1 Å². The number of rotatable bonds is 5. The molecular formula is C23H23N3O3S. The van der Waals surface area contributed by atoms with E-state index in [4.69, 9.17) is 9.47 Å². The Morgan fingerprint density at radius 3 is 2.70 bits per heavy atom. The van der Waals surface area contributed by atoms with Crippen molar-refractivity contribution in [2.24, 2.45) is 0 Å². The molecule has 7 heteroatoms. The van der Waals surface area contributed by atoms with Crippen molar-refractivity contribution in [3.8, 4) is 21.9 Å². The highest BCUT2D eigenvalue weighted by molar-refractivity contribution is 7.17. The second kappa shape index (κ2) is 8.01. The van der Waals surface area contributed by atoms with Crippen molar-refractivity contribution in [3.05, 3.63) is 59.5 Å². The lowest BCUT2D eigenvalue weighted by molar-refractivity contribution is 0.103. The average molecular weight is 422 g/mol. The number of hydrogen-bond acceptors (Lipinski definition) is 6. The third kappa shape index (κ3) is 3.74. The van der Waals surface area contributed by atoms with E-state index in [1.807, 2.05) is 49.5 Å². The summed E-state index contributed by atoms with van der Waals surface area (Å²) in [6.07, 6.45) is 1.15. The van der Waals surface area contributed by atoms with E-state index < -0.39 is 0 Å². The first-order valence-electron chi connectivity index (χ1n) is 10.0. The van der Waals surface area contributed by atoms with Crippen LogP contribution in [0.5, 0.6) is 11.5 Å². The Kier molecular flexibility index (Phi) is 5.06. The van der Waals surface area contributed by atoms with E-state index in [1.165, 1.54) is 17.0 Å². The fourth-order valence-corrected chi connectivity index (χ4v) is 4.74. The summed E-state index contributed by atoms with van der Waals surface area (Å²) in [7, 11) is 2.01. The summed E-state index contributed by atoms with van der Waals surface area (Å²) in [5, 5.41) is 6.33. The van der Waals surface area contributed by atoms with Gasteiger partial charge in [0.25, 0.3) is 5.91 Å². The first-order valence-corrected chi connectivity index (χ1v) is 10.8. The molecule has 2 N–H and O–H groups in total. The van der Waals surface area contributed by atoms with Crippen molar-refractivity contribution in [2.75, 3.05) is 37.1 Å². The van der Waals surface area contributed by atoms with Crippen molar-refractivity contribution in [2.45, 2.75) is 12.5 Å². The average Bonchev–Trinajstić information content (AvgIpc) is 3.54. The van der Waals surface area contributed by atoms with Crippen LogP contribution in [0.25, 0.3) is 10.4 Å². The molecule has 154 valence electrons. The highest BCUT2D eigenvalue weighted by Crippen LogP contribution is 2.38. The van der Waals surface area contributed by atoms with Crippen molar-refractivity contribution >= 4 is 28.6 Å². The number of anilines is 2. The molecule has 5 rings (SSSR count). The number of carbonyl (C=O) groups is 1. The summed E-state index contributed by atoms with van der Waals surface area (Å²) in [5.41, 5.74) is 3.00. The first-order chi connectivity index (χ1) is 14.7. The molecule has 0 radical (unpaired) electrons. The zero-order valence-electron chi connectivity index (χ0n) is 16.7. The number of nitrogens with one attached hydrogen (secondary N) is 2. The van der Waals surface area contributed by atoms with Crippen LogP contribution in [-0.2, 0) is 0 Å². The van der Waals surface area contributed by atoms with Gasteiger partial charge in [-0.1, -0.05) is 0 Å². The lowest BCUT2D eigenvalue weighted by atomic mass is 10.1. The normalized spacial score (nSPS) is 17.4. The van der Waals surface area contributed by atoms with E-state index in [9.17, 15) is 4.79 Å². The van der Waals surface area contributed by atoms with E-state index in [1.54, 1.807) is 0 Å². The predicted octanol–water partition coefficient (Wildman–Crippen LogP) is 4.19. The molecule has 1 saturated heterocycles. The third-order valence-corrected chi connectivity index (χ3v) is 6.71. The first kappa shape index (κ1) is 19.0. The third-order valence-electron chi connectivity index (χ3n) is 5.57. The number of likely N-dealkylation sites (N-methyl/N-ethyl adjacent to an activating group) is 1. The molecule has 2 aliphatic rings. The predicted molar refractivity (Wildman–Crippen MR) is 120 cm³/mol. The molecule has 0 saturated carbocycles. The zero-order valence-corrected chi connectivity index (χ0v) is 17.5. The molecule has 6 nitrogen and oxygen atoms in total. The van der Waals surface area contributed by atoms with Gasteiger partial charge < -0.3 is 25.0 Å². The summed E-state index contributed by atoms with van der Waals surface area (Å²) < 4.78 is 10.8. The van der Waals surface area contributed by atoms with Crippen molar-refractivity contribution < 1.29 is 14.3 Å². The van der Waals surface area contributed by atoms with Crippen molar-refractivity contribution in [1.82, 2.24) is 5.32 Å². The van der Waals surface area contributed by atoms with Gasteiger partial charge in [0, 0.05) is 35.4 Å². The second-order valence-corrected chi connectivity index (χ2v) is 8.54. The molecule has 1 aromatic heterocycles. The summed E-state index contributed by atoms with van der Waals surface area (Å²) in [6.45, 7) is 2.32. The van der Waals surface area contributed by atoms with Crippen LogP contribution in [0, 0.1) is 0 Å². The Hall–Kier alpha value is -3.03. The molecule has 2 aromatic carbocycles. The molecule has 1 amide bonds. The van der Waals surface area contributed by atoms with Crippen LogP contribution in [0.2, 0.25) is 0 Å². The number of hydrogen-bond donors (Lipinski definition) is 2. The van der Waals surface area contributed by atoms with Gasteiger partial charge in [-0.2, -0.15) is 0 Å². The van der Waals surface area contributed by atoms with E-state index in [2.05, 4.69) is 27.7 Å². The Labute approximate surface area is 179 Å². The van der Waals surface area contributed by atoms with Crippen LogP contribution in [0.3, 0.4) is 0 Å². The van der Waals surface area contributed by atoms with Crippen LogP contribution in [0.1, 0.15) is 16.1 Å². The molecule has 1 fully saturated rings. The van der Waals surface area contributed by atoms with Gasteiger partial charge in [0.2, 0.25) is 6.79 Å². The second-order valence-electron chi connectivity index (χ2n) is 7.45. The minimum atomic E-state index is -0.101. The highest BCUT2D eigenvalue weighted by atomic mass is 32.1. The quantitative estimate of drug-likeness (QED) is 0.647. The molecule has 2 aliphatic heterocycles. The van der Waals surface area contributed by atoms with E-state index in [0.29, 0.717) is 10.9 Å². The maximum Gasteiger partial charge on any atom is 0.265 e. The fraction of sp³-hybridized carbons (Fsp3) is 0.261. The molecule has 0 spiro atoms. The fourth-order valence-electron chi connectivity index (χ4n) is 3.84. The van der Waals surface area contributed by atoms with Crippen LogP contribution < -0.4 is 25.0 Å². The summed E-state index contributed by atoms with van der Waals surface area (Å²) in [5.74, 6) is 1.40. The van der Waals surface area contributed by atoms with Crippen LogP contribution in [-0.4, -0.2) is 38.9 Å². The van der Waals surface area contributed by atoms with E-state index >= 15 is 0 Å². The Morgan fingerprint density at radius 2 is 1.90 bits per heavy atom. The van der Waals surface area contributed by atoms with Gasteiger partial charge in [-0.15, -0.1) is 11.3 Å². The number of amides is 1. The molecule has 1 unspecified atom stereocenters. The van der Waals surface area contributed by atoms with Crippen molar-refractivity contribution in [1.29, 1.82) is 0 Å². The number of nitrogens with zero attached hydrogens (tertiary/aromatic N) is 1. The van der Waals surface area contributed by atoms with Crippen molar-refractivity contribution in [3.63, 3.8) is 0 Å². The van der Waals surface area contributed by atoms with Gasteiger partial charge >= 0.3 is 0 Å². The number of fused-ring (bicyclic) bond motifs is 1. The summed E-state index contributed by atoms with van der Waals surface area (Å²) in [6, 6.07) is 18.3. The van der Waals surface area contributed by atoms with Crippen LogP contribution in [0.4, 0.5) is 11.4 Å². The maximum atomic E-state index is 12.7. The molecule has 0 bridgehead atoms. The molecule has 0 aliphatic carbocycles. The molecule has 30 heavy (non-hydrogen) atoms. The van der Waals surface area contributed by atoms with Gasteiger partial charge in [0.1, 0.15) is 0 Å². The van der Waals surface area contributed by atoms with Gasteiger partial charge in [-0.05, 0) is 73.6 Å². The monoisotopic (exact) mass is 421 g/mol. The van der Waals surface area contributed by atoms with Gasteiger partial charge in [-0.25, -0.2) is 0 Å². The Morgan fingerprint density at radius 1 is 1.07 bits per heavy atom. The van der Waals surface area contributed by atoms with E-state index in [-0.39, 0.29) is 12.7 Å². The minimum absolute atomic E-state index is 0.101.